The van der Waals surface area contributed by atoms with Gasteiger partial charge in [-0.15, -0.1) is 0 Å². The molecule has 0 spiro atoms. The van der Waals surface area contributed by atoms with E-state index in [0.29, 0.717) is 29.6 Å². The predicted octanol–water partition coefficient (Wildman–Crippen LogP) is 4.50. The van der Waals surface area contributed by atoms with E-state index < -0.39 is 15.9 Å². The SMILES string of the molecule is CC(C)CN[C@@H]1CC[C@H](N2CC[C@H](Nc3ncnc4ccc(I)cc34)C2=O)[C@H](CS(=O)(=O)c2ccccc2)C1. The van der Waals surface area contributed by atoms with Gasteiger partial charge in [0.25, 0.3) is 0 Å². The van der Waals surface area contributed by atoms with Crippen LogP contribution >= 0.6 is 22.6 Å². The summed E-state index contributed by atoms with van der Waals surface area (Å²) in [5.74, 6) is 1.09. The van der Waals surface area contributed by atoms with Crippen molar-refractivity contribution in [2.45, 2.75) is 62.6 Å². The lowest BCUT2D eigenvalue weighted by Crippen LogP contribution is -2.51. The third-order valence-corrected chi connectivity index (χ3v) is 10.4. The third kappa shape index (κ3) is 6.54. The van der Waals surface area contributed by atoms with Crippen LogP contribution in [0.5, 0.6) is 0 Å². The number of rotatable bonds is 9. The Kier molecular flexibility index (Phi) is 8.72. The Balaban J connectivity index is 1.35. The van der Waals surface area contributed by atoms with Gasteiger partial charge in [-0.1, -0.05) is 32.0 Å². The maximum atomic E-state index is 13.7. The summed E-state index contributed by atoms with van der Waals surface area (Å²) in [6, 6.07) is 14.4. The number of likely N-dealkylation sites (tertiary alicyclic amines) is 1. The number of nitrogens with zero attached hydrogens (tertiary/aromatic N) is 3. The van der Waals surface area contributed by atoms with E-state index in [1.807, 2.05) is 29.2 Å². The fourth-order valence-electron chi connectivity index (χ4n) is 5.91. The minimum atomic E-state index is -3.48. The molecule has 0 unspecified atom stereocenters. The van der Waals surface area contributed by atoms with E-state index in [2.05, 4.69) is 57.0 Å². The van der Waals surface area contributed by atoms with Crippen molar-refractivity contribution in [1.82, 2.24) is 20.2 Å². The van der Waals surface area contributed by atoms with Gasteiger partial charge >= 0.3 is 0 Å². The molecule has 1 aliphatic heterocycles. The van der Waals surface area contributed by atoms with Crippen LogP contribution in [0.3, 0.4) is 0 Å². The van der Waals surface area contributed by atoms with Crippen molar-refractivity contribution in [3.05, 3.63) is 58.4 Å². The van der Waals surface area contributed by atoms with Gasteiger partial charge in [0.2, 0.25) is 5.91 Å². The number of fused-ring (bicyclic) bond motifs is 1. The molecule has 208 valence electrons. The van der Waals surface area contributed by atoms with Crippen LogP contribution in [0.15, 0.2) is 59.8 Å². The van der Waals surface area contributed by atoms with Gasteiger partial charge in [0, 0.05) is 27.6 Å². The van der Waals surface area contributed by atoms with Crippen molar-refractivity contribution < 1.29 is 13.2 Å². The second-order valence-corrected chi connectivity index (χ2v) is 14.4. The molecule has 39 heavy (non-hydrogen) atoms. The highest BCUT2D eigenvalue weighted by atomic mass is 127. The molecule has 2 heterocycles. The Bertz CT molecular complexity index is 1420. The number of amides is 1. The Morgan fingerprint density at radius 1 is 1.08 bits per heavy atom. The second-order valence-electron chi connectivity index (χ2n) is 11.1. The molecule has 2 aromatic carbocycles. The van der Waals surface area contributed by atoms with Crippen molar-refractivity contribution in [3.8, 4) is 0 Å². The predicted molar refractivity (Wildman–Crippen MR) is 162 cm³/mol. The molecule has 10 heteroatoms. The molecule has 0 radical (unpaired) electrons. The number of hydrogen-bond acceptors (Lipinski definition) is 7. The zero-order valence-corrected chi connectivity index (χ0v) is 25.4. The number of carbonyl (C=O) groups excluding carboxylic acids is 1. The summed E-state index contributed by atoms with van der Waals surface area (Å²) in [6.45, 7) is 5.85. The highest BCUT2D eigenvalue weighted by molar-refractivity contribution is 14.1. The number of hydrogen-bond donors (Lipinski definition) is 2. The fourth-order valence-corrected chi connectivity index (χ4v) is 8.08. The molecule has 4 atom stereocenters. The van der Waals surface area contributed by atoms with Crippen molar-refractivity contribution in [1.29, 1.82) is 0 Å². The molecule has 1 saturated heterocycles. The van der Waals surface area contributed by atoms with E-state index in [0.717, 1.165) is 40.3 Å². The van der Waals surface area contributed by atoms with Crippen LogP contribution in [0.1, 0.15) is 39.5 Å². The average Bonchev–Trinajstić information content (AvgIpc) is 3.27. The van der Waals surface area contributed by atoms with Crippen LogP contribution in [-0.2, 0) is 14.6 Å². The highest BCUT2D eigenvalue weighted by Crippen LogP contribution is 2.35. The first-order chi connectivity index (χ1) is 18.7. The van der Waals surface area contributed by atoms with E-state index in [1.165, 1.54) is 6.33 Å². The van der Waals surface area contributed by atoms with Crippen molar-refractivity contribution in [3.63, 3.8) is 0 Å². The summed E-state index contributed by atoms with van der Waals surface area (Å²) >= 11 is 2.26. The first-order valence-electron chi connectivity index (χ1n) is 13.7. The quantitative estimate of drug-likeness (QED) is 0.326. The smallest absolute Gasteiger partial charge is 0.245 e. The molecule has 0 bridgehead atoms. The van der Waals surface area contributed by atoms with Crippen molar-refractivity contribution >= 4 is 55.1 Å². The number of nitrogens with one attached hydrogen (secondary N) is 2. The second kappa shape index (κ2) is 12.1. The van der Waals surface area contributed by atoms with Gasteiger partial charge in [-0.2, -0.15) is 0 Å². The average molecular weight is 662 g/mol. The maximum Gasteiger partial charge on any atom is 0.245 e. The lowest BCUT2D eigenvalue weighted by atomic mass is 9.81. The minimum Gasteiger partial charge on any atom is -0.358 e. The Hall–Kier alpha value is -2.31. The van der Waals surface area contributed by atoms with Gasteiger partial charge in [0.1, 0.15) is 18.2 Å². The Labute approximate surface area is 244 Å². The fraction of sp³-hybridized carbons (Fsp3) is 0.483. The van der Waals surface area contributed by atoms with Gasteiger partial charge in [-0.25, -0.2) is 18.4 Å². The van der Waals surface area contributed by atoms with Crippen LogP contribution in [0.25, 0.3) is 10.9 Å². The summed E-state index contributed by atoms with van der Waals surface area (Å²) in [5.41, 5.74) is 0.827. The number of sulfone groups is 1. The number of carbonyl (C=O) groups is 1. The number of aromatic nitrogens is 2. The van der Waals surface area contributed by atoms with Crippen molar-refractivity contribution in [2.75, 3.05) is 24.2 Å². The molecule has 2 aliphatic rings. The van der Waals surface area contributed by atoms with E-state index in [-0.39, 0.29) is 29.7 Å². The van der Waals surface area contributed by atoms with Crippen LogP contribution in [0, 0.1) is 15.4 Å². The molecule has 5 rings (SSSR count). The van der Waals surface area contributed by atoms with Crippen LogP contribution < -0.4 is 10.6 Å². The van der Waals surface area contributed by atoms with Gasteiger partial charge < -0.3 is 15.5 Å². The maximum absolute atomic E-state index is 13.7. The monoisotopic (exact) mass is 661 g/mol. The largest absolute Gasteiger partial charge is 0.358 e. The normalized spacial score (nSPS) is 24.0. The topological polar surface area (TPSA) is 104 Å². The summed E-state index contributed by atoms with van der Waals surface area (Å²) in [5, 5.41) is 7.91. The summed E-state index contributed by atoms with van der Waals surface area (Å²) in [7, 11) is -3.48. The standard InChI is InChI=1S/C29H36IN5O3S/c1-19(2)16-31-22-9-11-27(20(14-22)17-39(37,38)23-6-4-3-5-7-23)35-13-12-26(29(35)36)34-28-24-15-21(30)8-10-25(24)32-18-33-28/h3-8,10,15,18-20,22,26-27,31H,9,11-14,16-17H2,1-2H3,(H,32,33,34)/t20-,22+,26-,27-/m0/s1. The lowest BCUT2D eigenvalue weighted by Gasteiger charge is -2.41. The number of anilines is 1. The first-order valence-corrected chi connectivity index (χ1v) is 16.4. The van der Waals surface area contributed by atoms with Gasteiger partial charge in [-0.3, -0.25) is 4.79 Å². The minimum absolute atomic E-state index is 0.0214. The summed E-state index contributed by atoms with van der Waals surface area (Å²) in [4.78, 5) is 24.8. The lowest BCUT2D eigenvalue weighted by molar-refractivity contribution is -0.132. The zero-order valence-electron chi connectivity index (χ0n) is 22.4. The van der Waals surface area contributed by atoms with E-state index in [1.54, 1.807) is 24.3 Å². The molecule has 1 amide bonds. The molecule has 8 nitrogen and oxygen atoms in total. The number of halogens is 1. The van der Waals surface area contributed by atoms with Crippen LogP contribution in [0.2, 0.25) is 0 Å². The van der Waals surface area contributed by atoms with Crippen molar-refractivity contribution in [2.24, 2.45) is 11.8 Å². The molecule has 2 fully saturated rings. The summed E-state index contributed by atoms with van der Waals surface area (Å²) < 4.78 is 27.9. The Morgan fingerprint density at radius 3 is 2.64 bits per heavy atom. The first kappa shape index (κ1) is 28.2. The molecule has 3 aromatic rings. The van der Waals surface area contributed by atoms with Crippen LogP contribution in [-0.4, -0.2) is 66.2 Å². The zero-order chi connectivity index (χ0) is 27.6. The Morgan fingerprint density at radius 2 is 1.87 bits per heavy atom. The van der Waals surface area contributed by atoms with E-state index >= 15 is 0 Å². The van der Waals surface area contributed by atoms with Gasteiger partial charge in [0.05, 0.1) is 16.2 Å². The molecular formula is C29H36IN5O3S. The van der Waals surface area contributed by atoms with E-state index in [4.69, 9.17) is 0 Å². The molecule has 2 N–H and O–H groups in total. The molecule has 1 aliphatic carbocycles. The molecule has 1 aromatic heterocycles. The third-order valence-electron chi connectivity index (χ3n) is 7.84. The van der Waals surface area contributed by atoms with Crippen LogP contribution in [0.4, 0.5) is 5.82 Å². The molecular weight excluding hydrogens is 625 g/mol. The van der Waals surface area contributed by atoms with Gasteiger partial charge in [0.15, 0.2) is 9.84 Å². The van der Waals surface area contributed by atoms with Gasteiger partial charge in [-0.05, 0) is 97.0 Å². The number of benzene rings is 2. The highest BCUT2D eigenvalue weighted by Gasteiger charge is 2.43. The summed E-state index contributed by atoms with van der Waals surface area (Å²) in [6.07, 6.45) is 4.62. The van der Waals surface area contributed by atoms with E-state index in [9.17, 15) is 13.2 Å². The molecule has 1 saturated carbocycles.